The zero-order valence-electron chi connectivity index (χ0n) is 17.4. The standard InChI is InChI=1S/C25H22F3NO3/c1-18(32-24(31)21-12-14-22(15-13-21)25(26,27)28)23(30)29(16-19-8-4-2-5-9-19)17-20-10-6-3-7-11-20/h2-15,18H,16-17H2,1H3/t18-/m0/s1. The summed E-state index contributed by atoms with van der Waals surface area (Å²) in [5.74, 6) is -1.27. The first kappa shape index (κ1) is 23.1. The van der Waals surface area contributed by atoms with Crippen LogP contribution >= 0.6 is 0 Å². The lowest BCUT2D eigenvalue weighted by atomic mass is 10.1. The Kier molecular flexibility index (Phi) is 7.30. The second kappa shape index (κ2) is 10.1. The number of halogens is 3. The molecule has 0 saturated heterocycles. The van der Waals surface area contributed by atoms with Gasteiger partial charge in [-0.05, 0) is 42.3 Å². The highest BCUT2D eigenvalue weighted by Gasteiger charge is 2.31. The predicted octanol–water partition coefficient (Wildman–Crippen LogP) is 5.48. The summed E-state index contributed by atoms with van der Waals surface area (Å²) in [5.41, 5.74) is 0.904. The van der Waals surface area contributed by atoms with Gasteiger partial charge in [0.15, 0.2) is 6.10 Å². The maximum absolute atomic E-state index is 13.1. The van der Waals surface area contributed by atoms with Crippen LogP contribution in [0.2, 0.25) is 0 Å². The first-order chi connectivity index (χ1) is 15.2. The molecule has 3 rings (SSSR count). The summed E-state index contributed by atoms with van der Waals surface area (Å²) < 4.78 is 43.4. The zero-order valence-corrected chi connectivity index (χ0v) is 17.4. The molecule has 3 aromatic carbocycles. The van der Waals surface area contributed by atoms with Gasteiger partial charge in [-0.25, -0.2) is 4.79 Å². The van der Waals surface area contributed by atoms with Crippen LogP contribution in [0, 0.1) is 0 Å². The maximum atomic E-state index is 13.1. The summed E-state index contributed by atoms with van der Waals surface area (Å²) in [6.45, 7) is 2.08. The molecule has 1 atom stereocenters. The van der Waals surface area contributed by atoms with E-state index in [0.717, 1.165) is 35.4 Å². The van der Waals surface area contributed by atoms with Gasteiger partial charge >= 0.3 is 12.1 Å². The van der Waals surface area contributed by atoms with Gasteiger partial charge in [0.1, 0.15) is 0 Å². The van der Waals surface area contributed by atoms with Crippen LogP contribution in [0.15, 0.2) is 84.9 Å². The topological polar surface area (TPSA) is 46.6 Å². The summed E-state index contributed by atoms with van der Waals surface area (Å²) in [5, 5.41) is 0. The Bertz CT molecular complexity index is 994. The number of carbonyl (C=O) groups is 2. The van der Waals surface area contributed by atoms with Crippen LogP contribution in [-0.4, -0.2) is 22.9 Å². The number of ether oxygens (including phenoxy) is 1. The van der Waals surface area contributed by atoms with Crippen molar-refractivity contribution in [3.63, 3.8) is 0 Å². The van der Waals surface area contributed by atoms with E-state index in [1.54, 1.807) is 4.90 Å². The van der Waals surface area contributed by atoms with Gasteiger partial charge in [-0.1, -0.05) is 60.7 Å². The minimum atomic E-state index is -4.50. The summed E-state index contributed by atoms with van der Waals surface area (Å²) in [4.78, 5) is 27.1. The van der Waals surface area contributed by atoms with Crippen LogP contribution in [0.3, 0.4) is 0 Å². The van der Waals surface area contributed by atoms with E-state index < -0.39 is 29.7 Å². The van der Waals surface area contributed by atoms with E-state index in [2.05, 4.69) is 0 Å². The molecule has 4 nitrogen and oxygen atoms in total. The summed E-state index contributed by atoms with van der Waals surface area (Å²) >= 11 is 0. The van der Waals surface area contributed by atoms with Crippen molar-refractivity contribution in [2.24, 2.45) is 0 Å². The second-order valence-electron chi connectivity index (χ2n) is 7.29. The number of hydrogen-bond acceptors (Lipinski definition) is 3. The monoisotopic (exact) mass is 441 g/mol. The molecule has 0 aromatic heterocycles. The Labute approximate surface area is 184 Å². The molecular formula is C25H22F3NO3. The number of hydrogen-bond donors (Lipinski definition) is 0. The Balaban J connectivity index is 1.72. The van der Waals surface area contributed by atoms with Gasteiger partial charge in [-0.15, -0.1) is 0 Å². The molecule has 0 radical (unpaired) electrons. The van der Waals surface area contributed by atoms with Gasteiger partial charge < -0.3 is 9.64 Å². The van der Waals surface area contributed by atoms with Crippen molar-refractivity contribution < 1.29 is 27.5 Å². The van der Waals surface area contributed by atoms with Gasteiger partial charge in [-0.3, -0.25) is 4.79 Å². The number of alkyl halides is 3. The van der Waals surface area contributed by atoms with Crippen molar-refractivity contribution in [3.8, 4) is 0 Å². The number of esters is 1. The lowest BCUT2D eigenvalue weighted by Crippen LogP contribution is -2.39. The largest absolute Gasteiger partial charge is 0.449 e. The molecule has 0 unspecified atom stereocenters. The molecule has 7 heteroatoms. The number of amides is 1. The molecule has 0 N–H and O–H groups in total. The van der Waals surface area contributed by atoms with Gasteiger partial charge in [-0.2, -0.15) is 13.2 Å². The molecule has 0 aliphatic rings. The summed E-state index contributed by atoms with van der Waals surface area (Å²) in [6, 6.07) is 22.5. The molecule has 32 heavy (non-hydrogen) atoms. The molecule has 0 bridgehead atoms. The van der Waals surface area contributed by atoms with Crippen LogP contribution in [0.1, 0.15) is 34.0 Å². The Morgan fingerprint density at radius 1 is 0.812 bits per heavy atom. The van der Waals surface area contributed by atoms with Crippen LogP contribution in [0.5, 0.6) is 0 Å². The fourth-order valence-corrected chi connectivity index (χ4v) is 3.15. The maximum Gasteiger partial charge on any atom is 0.416 e. The highest BCUT2D eigenvalue weighted by molar-refractivity contribution is 5.92. The normalized spacial score (nSPS) is 12.1. The fourth-order valence-electron chi connectivity index (χ4n) is 3.15. The van der Waals surface area contributed by atoms with Gasteiger partial charge in [0.25, 0.3) is 5.91 Å². The smallest absolute Gasteiger partial charge is 0.416 e. The Morgan fingerprint density at radius 2 is 1.28 bits per heavy atom. The van der Waals surface area contributed by atoms with Crippen LogP contribution in [0.25, 0.3) is 0 Å². The van der Waals surface area contributed by atoms with Crippen molar-refractivity contribution >= 4 is 11.9 Å². The predicted molar refractivity (Wildman–Crippen MR) is 113 cm³/mol. The van der Waals surface area contributed by atoms with E-state index in [0.29, 0.717) is 13.1 Å². The first-order valence-electron chi connectivity index (χ1n) is 9.99. The van der Waals surface area contributed by atoms with E-state index in [1.165, 1.54) is 6.92 Å². The first-order valence-corrected chi connectivity index (χ1v) is 9.99. The lowest BCUT2D eigenvalue weighted by Gasteiger charge is -2.26. The molecule has 0 aliphatic carbocycles. The molecule has 0 aliphatic heterocycles. The third-order valence-corrected chi connectivity index (χ3v) is 4.82. The van der Waals surface area contributed by atoms with Crippen LogP contribution in [0.4, 0.5) is 13.2 Å². The van der Waals surface area contributed by atoms with Crippen molar-refractivity contribution in [1.82, 2.24) is 4.90 Å². The molecular weight excluding hydrogens is 419 g/mol. The van der Waals surface area contributed by atoms with E-state index in [9.17, 15) is 22.8 Å². The number of nitrogens with zero attached hydrogens (tertiary/aromatic N) is 1. The van der Waals surface area contributed by atoms with Crippen LogP contribution < -0.4 is 0 Å². The molecule has 0 spiro atoms. The van der Waals surface area contributed by atoms with Gasteiger partial charge in [0.2, 0.25) is 0 Å². The van der Waals surface area contributed by atoms with Crippen molar-refractivity contribution in [2.75, 3.05) is 0 Å². The summed E-state index contributed by atoms with van der Waals surface area (Å²) in [7, 11) is 0. The number of benzene rings is 3. The fraction of sp³-hybridized carbons (Fsp3) is 0.200. The Morgan fingerprint density at radius 3 is 1.72 bits per heavy atom. The van der Waals surface area contributed by atoms with Crippen LogP contribution in [-0.2, 0) is 28.8 Å². The molecule has 166 valence electrons. The minimum absolute atomic E-state index is 0.0599. The average Bonchev–Trinajstić information content (AvgIpc) is 2.79. The lowest BCUT2D eigenvalue weighted by molar-refractivity contribution is -0.141. The second-order valence-corrected chi connectivity index (χ2v) is 7.29. The SMILES string of the molecule is C[C@H](OC(=O)c1ccc(C(F)(F)F)cc1)C(=O)N(Cc1ccccc1)Cc1ccccc1. The van der Waals surface area contributed by atoms with Crippen molar-refractivity contribution in [3.05, 3.63) is 107 Å². The molecule has 1 amide bonds. The average molecular weight is 441 g/mol. The molecule has 0 heterocycles. The van der Waals surface area contributed by atoms with E-state index in [-0.39, 0.29) is 5.56 Å². The van der Waals surface area contributed by atoms with E-state index in [4.69, 9.17) is 4.74 Å². The highest BCUT2D eigenvalue weighted by atomic mass is 19.4. The van der Waals surface area contributed by atoms with Crippen molar-refractivity contribution in [1.29, 1.82) is 0 Å². The van der Waals surface area contributed by atoms with E-state index in [1.807, 2.05) is 60.7 Å². The van der Waals surface area contributed by atoms with Gasteiger partial charge in [0, 0.05) is 13.1 Å². The number of rotatable bonds is 7. The minimum Gasteiger partial charge on any atom is -0.449 e. The van der Waals surface area contributed by atoms with Gasteiger partial charge in [0.05, 0.1) is 11.1 Å². The molecule has 0 saturated carbocycles. The highest BCUT2D eigenvalue weighted by Crippen LogP contribution is 2.29. The molecule has 3 aromatic rings. The van der Waals surface area contributed by atoms with E-state index >= 15 is 0 Å². The third-order valence-electron chi connectivity index (χ3n) is 4.82. The molecule has 0 fully saturated rings. The summed E-state index contributed by atoms with van der Waals surface area (Å²) in [6.07, 6.45) is -5.61. The third kappa shape index (κ3) is 6.20. The van der Waals surface area contributed by atoms with Crippen molar-refractivity contribution in [2.45, 2.75) is 32.3 Å². The quantitative estimate of drug-likeness (QED) is 0.456. The number of carbonyl (C=O) groups excluding carboxylic acids is 2. The zero-order chi connectivity index (χ0) is 23.1. The Hall–Kier alpha value is -3.61.